The molecule has 6 heteroatoms. The molecule has 2 aromatic rings. The zero-order valence-electron chi connectivity index (χ0n) is 10.3. The summed E-state index contributed by atoms with van der Waals surface area (Å²) >= 11 is 3.37. The van der Waals surface area contributed by atoms with Crippen LogP contribution in [-0.4, -0.2) is 23.0 Å². The summed E-state index contributed by atoms with van der Waals surface area (Å²) in [5.41, 5.74) is 6.96. The summed E-state index contributed by atoms with van der Waals surface area (Å²) in [6.07, 6.45) is 1.95. The van der Waals surface area contributed by atoms with Crippen molar-refractivity contribution in [3.8, 4) is 0 Å². The Morgan fingerprint density at radius 3 is 2.63 bits per heavy atom. The molecule has 2 rings (SSSR count). The Bertz CT molecular complexity index is 599. The molecule has 0 aliphatic rings. The first kappa shape index (κ1) is 13.5. The van der Waals surface area contributed by atoms with Crippen LogP contribution in [0.5, 0.6) is 0 Å². The number of carbonyl (C=O) groups excluding carboxylic acids is 1. The van der Waals surface area contributed by atoms with Gasteiger partial charge in [0.1, 0.15) is 17.2 Å². The van der Waals surface area contributed by atoms with E-state index in [1.165, 1.54) is 13.3 Å². The first-order chi connectivity index (χ1) is 9.10. The monoisotopic (exact) mass is 321 g/mol. The third-order valence-electron chi connectivity index (χ3n) is 2.55. The summed E-state index contributed by atoms with van der Waals surface area (Å²) < 4.78 is 5.60. The fraction of sp³-hybridized carbons (Fsp3) is 0.154. The number of benzene rings is 1. The van der Waals surface area contributed by atoms with Crippen LogP contribution >= 0.6 is 15.9 Å². The lowest BCUT2D eigenvalue weighted by molar-refractivity contribution is 0.0601. The zero-order valence-corrected chi connectivity index (χ0v) is 11.8. The van der Waals surface area contributed by atoms with Crippen LogP contribution in [-0.2, 0) is 11.2 Å². The minimum atomic E-state index is -0.535. The number of nitrogens with two attached hydrogens (primary N) is 1. The van der Waals surface area contributed by atoms with E-state index in [1.807, 2.05) is 24.3 Å². The minimum Gasteiger partial charge on any atom is -0.465 e. The maximum absolute atomic E-state index is 11.4. The van der Waals surface area contributed by atoms with Crippen LogP contribution in [0.15, 0.2) is 34.9 Å². The van der Waals surface area contributed by atoms with Gasteiger partial charge in [0.15, 0.2) is 0 Å². The number of esters is 1. The van der Waals surface area contributed by atoms with Gasteiger partial charge < -0.3 is 10.5 Å². The highest BCUT2D eigenvalue weighted by atomic mass is 79.9. The highest BCUT2D eigenvalue weighted by Gasteiger charge is 2.12. The molecule has 0 aliphatic heterocycles. The van der Waals surface area contributed by atoms with Gasteiger partial charge in [-0.05, 0) is 17.7 Å². The molecule has 2 N–H and O–H groups in total. The fourth-order valence-electron chi connectivity index (χ4n) is 1.57. The van der Waals surface area contributed by atoms with Crippen molar-refractivity contribution < 1.29 is 9.53 Å². The summed E-state index contributed by atoms with van der Waals surface area (Å²) in [4.78, 5) is 19.6. The van der Waals surface area contributed by atoms with E-state index in [2.05, 4.69) is 30.6 Å². The van der Waals surface area contributed by atoms with E-state index in [0.717, 1.165) is 10.0 Å². The molecule has 0 amide bonds. The van der Waals surface area contributed by atoms with Gasteiger partial charge in [0.25, 0.3) is 0 Å². The first-order valence-electron chi connectivity index (χ1n) is 5.54. The predicted octanol–water partition coefficient (Wildman–Crippen LogP) is 2.20. The maximum atomic E-state index is 11.4. The van der Waals surface area contributed by atoms with Gasteiger partial charge in [-0.2, -0.15) is 0 Å². The largest absolute Gasteiger partial charge is 0.465 e. The number of methoxy groups -OCH3 is 1. The maximum Gasteiger partial charge on any atom is 0.343 e. The van der Waals surface area contributed by atoms with E-state index in [1.54, 1.807) is 0 Å². The SMILES string of the molecule is COC(=O)c1cnc(Cc2ccc(Br)cc2)nc1N. The van der Waals surface area contributed by atoms with Gasteiger partial charge in [0, 0.05) is 17.1 Å². The van der Waals surface area contributed by atoms with Gasteiger partial charge in [0.05, 0.1) is 7.11 Å². The lowest BCUT2D eigenvalue weighted by atomic mass is 10.1. The van der Waals surface area contributed by atoms with Crippen molar-refractivity contribution in [3.63, 3.8) is 0 Å². The van der Waals surface area contributed by atoms with Crippen molar-refractivity contribution in [2.45, 2.75) is 6.42 Å². The van der Waals surface area contributed by atoms with Crippen molar-refractivity contribution in [1.82, 2.24) is 9.97 Å². The quantitative estimate of drug-likeness (QED) is 0.877. The summed E-state index contributed by atoms with van der Waals surface area (Å²) in [5, 5.41) is 0. The third kappa shape index (κ3) is 3.29. The van der Waals surface area contributed by atoms with Crippen LogP contribution < -0.4 is 5.73 Å². The number of halogens is 1. The number of nitrogen functional groups attached to an aromatic ring is 1. The van der Waals surface area contributed by atoms with Crippen molar-refractivity contribution in [1.29, 1.82) is 0 Å². The molecule has 0 atom stereocenters. The topological polar surface area (TPSA) is 78.1 Å². The van der Waals surface area contributed by atoms with E-state index >= 15 is 0 Å². The number of hydrogen-bond donors (Lipinski definition) is 1. The molecule has 0 bridgehead atoms. The van der Waals surface area contributed by atoms with E-state index < -0.39 is 5.97 Å². The molecule has 0 saturated carbocycles. The Morgan fingerprint density at radius 2 is 2.05 bits per heavy atom. The molecule has 0 unspecified atom stereocenters. The first-order valence-corrected chi connectivity index (χ1v) is 6.33. The van der Waals surface area contributed by atoms with Gasteiger partial charge in [0.2, 0.25) is 0 Å². The fourth-order valence-corrected chi connectivity index (χ4v) is 1.83. The zero-order chi connectivity index (χ0) is 13.8. The highest BCUT2D eigenvalue weighted by molar-refractivity contribution is 9.10. The second-order valence-electron chi connectivity index (χ2n) is 3.88. The Labute approximate surface area is 119 Å². The van der Waals surface area contributed by atoms with Gasteiger partial charge >= 0.3 is 5.97 Å². The van der Waals surface area contributed by atoms with E-state index in [9.17, 15) is 4.79 Å². The molecule has 1 heterocycles. The van der Waals surface area contributed by atoms with Crippen LogP contribution in [0.1, 0.15) is 21.7 Å². The van der Waals surface area contributed by atoms with E-state index in [4.69, 9.17) is 5.73 Å². The van der Waals surface area contributed by atoms with Crippen molar-refractivity contribution in [2.24, 2.45) is 0 Å². The molecule has 98 valence electrons. The van der Waals surface area contributed by atoms with Crippen molar-refractivity contribution in [3.05, 3.63) is 51.9 Å². The number of aromatic nitrogens is 2. The van der Waals surface area contributed by atoms with Gasteiger partial charge in [-0.25, -0.2) is 14.8 Å². The van der Waals surface area contributed by atoms with Gasteiger partial charge in [-0.3, -0.25) is 0 Å². The number of rotatable bonds is 3. The highest BCUT2D eigenvalue weighted by Crippen LogP contribution is 2.14. The van der Waals surface area contributed by atoms with Crippen molar-refractivity contribution >= 4 is 27.7 Å². The molecule has 0 saturated heterocycles. The Kier molecular flexibility index (Phi) is 4.11. The average Bonchev–Trinajstić information content (AvgIpc) is 2.41. The molecule has 0 aliphatic carbocycles. The standard InChI is InChI=1S/C13H12BrN3O2/c1-19-13(18)10-7-16-11(17-12(10)15)6-8-2-4-9(14)5-3-8/h2-5,7H,6H2,1H3,(H2,15,16,17). The Balaban J connectivity index is 2.20. The molecule has 19 heavy (non-hydrogen) atoms. The normalized spacial score (nSPS) is 10.2. The van der Waals surface area contributed by atoms with E-state index in [-0.39, 0.29) is 11.4 Å². The Morgan fingerprint density at radius 1 is 1.37 bits per heavy atom. The van der Waals surface area contributed by atoms with E-state index in [0.29, 0.717) is 12.2 Å². The minimum absolute atomic E-state index is 0.133. The van der Waals surface area contributed by atoms with Crippen LogP contribution in [0.25, 0.3) is 0 Å². The second-order valence-corrected chi connectivity index (χ2v) is 4.80. The van der Waals surface area contributed by atoms with Crippen LogP contribution in [0, 0.1) is 0 Å². The number of ether oxygens (including phenoxy) is 1. The lowest BCUT2D eigenvalue weighted by Crippen LogP contribution is -2.10. The lowest BCUT2D eigenvalue weighted by Gasteiger charge is -2.05. The van der Waals surface area contributed by atoms with Gasteiger partial charge in [-0.1, -0.05) is 28.1 Å². The third-order valence-corrected chi connectivity index (χ3v) is 3.08. The number of anilines is 1. The van der Waals surface area contributed by atoms with Crippen molar-refractivity contribution in [2.75, 3.05) is 12.8 Å². The Hall–Kier alpha value is -1.95. The smallest absolute Gasteiger partial charge is 0.343 e. The number of carbonyl (C=O) groups is 1. The summed E-state index contributed by atoms with van der Waals surface area (Å²) in [6, 6.07) is 7.83. The van der Waals surface area contributed by atoms with Crippen LogP contribution in [0.4, 0.5) is 5.82 Å². The second kappa shape index (κ2) is 5.79. The molecule has 0 spiro atoms. The molecule has 1 aromatic heterocycles. The molecular weight excluding hydrogens is 310 g/mol. The molecule has 1 aromatic carbocycles. The summed E-state index contributed by atoms with van der Waals surface area (Å²) in [5.74, 6) is 0.161. The van der Waals surface area contributed by atoms with Crippen LogP contribution in [0.2, 0.25) is 0 Å². The number of nitrogens with zero attached hydrogens (tertiary/aromatic N) is 2. The molecule has 0 fully saturated rings. The molecule has 5 nitrogen and oxygen atoms in total. The summed E-state index contributed by atoms with van der Waals surface area (Å²) in [6.45, 7) is 0. The van der Waals surface area contributed by atoms with Gasteiger partial charge in [-0.15, -0.1) is 0 Å². The molecular formula is C13H12BrN3O2. The van der Waals surface area contributed by atoms with Crippen LogP contribution in [0.3, 0.4) is 0 Å². The average molecular weight is 322 g/mol. The summed E-state index contributed by atoms with van der Waals surface area (Å²) in [7, 11) is 1.29. The number of hydrogen-bond acceptors (Lipinski definition) is 5. The molecule has 0 radical (unpaired) electrons. The predicted molar refractivity (Wildman–Crippen MR) is 74.7 cm³/mol.